The predicted octanol–water partition coefficient (Wildman–Crippen LogP) is 1.63. The van der Waals surface area contributed by atoms with E-state index in [9.17, 15) is 9.90 Å². The molecule has 4 atom stereocenters. The van der Waals surface area contributed by atoms with Gasteiger partial charge in [-0.3, -0.25) is 4.57 Å². The SMILES string of the molecule is COC1C(C)C(CO)OC1n1cc2c(nc1=O)Nc1ccccc1O2. The van der Waals surface area contributed by atoms with E-state index in [2.05, 4.69) is 10.3 Å². The van der Waals surface area contributed by atoms with Crippen molar-refractivity contribution in [2.75, 3.05) is 19.0 Å². The highest BCUT2D eigenvalue weighted by atomic mass is 16.6. The van der Waals surface area contributed by atoms with Gasteiger partial charge in [0.25, 0.3) is 0 Å². The van der Waals surface area contributed by atoms with Crippen LogP contribution in [-0.2, 0) is 9.47 Å². The lowest BCUT2D eigenvalue weighted by Crippen LogP contribution is -2.34. The van der Waals surface area contributed by atoms with Gasteiger partial charge in [-0.05, 0) is 12.1 Å². The maximum atomic E-state index is 12.5. The van der Waals surface area contributed by atoms with Crippen molar-refractivity contribution in [3.8, 4) is 11.5 Å². The molecule has 132 valence electrons. The summed E-state index contributed by atoms with van der Waals surface area (Å²) in [5.74, 6) is 1.37. The van der Waals surface area contributed by atoms with E-state index in [-0.39, 0.29) is 18.6 Å². The van der Waals surface area contributed by atoms with Crippen molar-refractivity contribution in [1.82, 2.24) is 9.55 Å². The van der Waals surface area contributed by atoms with Crippen LogP contribution in [0.3, 0.4) is 0 Å². The molecule has 2 N–H and O–H groups in total. The predicted molar refractivity (Wildman–Crippen MR) is 89.3 cm³/mol. The van der Waals surface area contributed by atoms with E-state index in [4.69, 9.17) is 14.2 Å². The number of hydrogen-bond donors (Lipinski definition) is 2. The minimum atomic E-state index is -0.678. The van der Waals surface area contributed by atoms with Crippen molar-refractivity contribution in [3.05, 3.63) is 40.9 Å². The van der Waals surface area contributed by atoms with Gasteiger partial charge in [0, 0.05) is 13.0 Å². The van der Waals surface area contributed by atoms with E-state index in [0.29, 0.717) is 17.3 Å². The fourth-order valence-corrected chi connectivity index (χ4v) is 3.32. The van der Waals surface area contributed by atoms with Crippen LogP contribution in [0.5, 0.6) is 11.5 Å². The lowest BCUT2D eigenvalue weighted by Gasteiger charge is -2.24. The monoisotopic (exact) mass is 345 g/mol. The molecule has 2 aromatic rings. The third kappa shape index (κ3) is 2.58. The number of nitrogens with zero attached hydrogens (tertiary/aromatic N) is 2. The average Bonchev–Trinajstić information content (AvgIpc) is 2.95. The van der Waals surface area contributed by atoms with Crippen LogP contribution in [0.1, 0.15) is 13.2 Å². The van der Waals surface area contributed by atoms with Crippen molar-refractivity contribution < 1.29 is 19.3 Å². The molecule has 1 saturated heterocycles. The summed E-state index contributed by atoms with van der Waals surface area (Å²) in [6.07, 6.45) is 0.107. The molecule has 0 saturated carbocycles. The van der Waals surface area contributed by atoms with Gasteiger partial charge in [0.2, 0.25) is 0 Å². The van der Waals surface area contributed by atoms with Crippen LogP contribution in [0.15, 0.2) is 35.3 Å². The average molecular weight is 345 g/mol. The Labute approximate surface area is 144 Å². The second-order valence-electron chi connectivity index (χ2n) is 6.17. The van der Waals surface area contributed by atoms with Crippen LogP contribution in [0.2, 0.25) is 0 Å². The van der Waals surface area contributed by atoms with Gasteiger partial charge in [-0.25, -0.2) is 4.79 Å². The summed E-state index contributed by atoms with van der Waals surface area (Å²) in [4.78, 5) is 16.6. The second-order valence-corrected chi connectivity index (χ2v) is 6.17. The molecule has 4 unspecified atom stereocenters. The number of fused-ring (bicyclic) bond motifs is 2. The zero-order chi connectivity index (χ0) is 17.6. The van der Waals surface area contributed by atoms with Crippen LogP contribution >= 0.6 is 0 Å². The minimum Gasteiger partial charge on any atom is -0.450 e. The Morgan fingerprint density at radius 3 is 2.92 bits per heavy atom. The summed E-state index contributed by atoms with van der Waals surface area (Å²) < 4.78 is 18.5. The number of hydrogen-bond acceptors (Lipinski definition) is 7. The van der Waals surface area contributed by atoms with Crippen LogP contribution in [0.4, 0.5) is 11.5 Å². The third-order valence-electron chi connectivity index (χ3n) is 4.70. The molecule has 0 bridgehead atoms. The Balaban J connectivity index is 1.72. The van der Waals surface area contributed by atoms with Crippen LogP contribution in [0.25, 0.3) is 0 Å². The van der Waals surface area contributed by atoms with E-state index < -0.39 is 18.0 Å². The van der Waals surface area contributed by atoms with E-state index in [1.165, 1.54) is 4.57 Å². The van der Waals surface area contributed by atoms with Gasteiger partial charge in [-0.2, -0.15) is 4.98 Å². The Morgan fingerprint density at radius 1 is 1.36 bits per heavy atom. The van der Waals surface area contributed by atoms with Gasteiger partial charge < -0.3 is 24.6 Å². The van der Waals surface area contributed by atoms with E-state index in [0.717, 1.165) is 5.69 Å². The fourth-order valence-electron chi connectivity index (χ4n) is 3.32. The van der Waals surface area contributed by atoms with Crippen molar-refractivity contribution in [2.45, 2.75) is 25.4 Å². The number of methoxy groups -OCH3 is 1. The number of nitrogens with one attached hydrogen (secondary N) is 1. The quantitative estimate of drug-likeness (QED) is 0.745. The smallest absolute Gasteiger partial charge is 0.351 e. The van der Waals surface area contributed by atoms with Gasteiger partial charge in [0.05, 0.1) is 24.6 Å². The number of para-hydroxylation sites is 2. The summed E-state index contributed by atoms with van der Waals surface area (Å²) in [7, 11) is 1.56. The molecule has 0 spiro atoms. The van der Waals surface area contributed by atoms with Crippen molar-refractivity contribution >= 4 is 11.5 Å². The highest BCUT2D eigenvalue weighted by molar-refractivity contribution is 5.72. The molecular weight excluding hydrogens is 326 g/mol. The number of anilines is 2. The number of aromatic nitrogens is 2. The molecule has 0 radical (unpaired) electrons. The molecule has 0 aliphatic carbocycles. The third-order valence-corrected chi connectivity index (χ3v) is 4.70. The lowest BCUT2D eigenvalue weighted by atomic mass is 10.0. The maximum absolute atomic E-state index is 12.5. The summed E-state index contributed by atoms with van der Waals surface area (Å²) in [5, 5.41) is 12.6. The summed E-state index contributed by atoms with van der Waals surface area (Å²) >= 11 is 0. The molecule has 1 aromatic carbocycles. The van der Waals surface area contributed by atoms with E-state index >= 15 is 0 Å². The molecule has 1 fully saturated rings. The highest BCUT2D eigenvalue weighted by Gasteiger charge is 2.43. The number of aliphatic hydroxyl groups excluding tert-OH is 1. The first-order chi connectivity index (χ1) is 12.1. The number of benzene rings is 1. The number of ether oxygens (including phenoxy) is 3. The van der Waals surface area contributed by atoms with Crippen LogP contribution in [0, 0.1) is 5.92 Å². The first kappa shape index (κ1) is 16.1. The molecule has 25 heavy (non-hydrogen) atoms. The Bertz CT molecular complexity index is 852. The molecule has 1 aromatic heterocycles. The van der Waals surface area contributed by atoms with Crippen LogP contribution in [-0.4, -0.2) is 40.6 Å². The molecule has 3 heterocycles. The van der Waals surface area contributed by atoms with Gasteiger partial charge in [0.1, 0.15) is 6.10 Å². The number of aliphatic hydroxyl groups is 1. The van der Waals surface area contributed by atoms with Crippen molar-refractivity contribution in [1.29, 1.82) is 0 Å². The standard InChI is InChI=1S/C17H19N3O5/c1-9-13(8-21)25-16(14(9)23-2)20-7-12-15(19-17(20)22)18-10-5-3-4-6-11(10)24-12/h3-7,9,13-14,16,21H,8H2,1-2H3,(H,18,19,22). The summed E-state index contributed by atoms with van der Waals surface area (Å²) in [5.41, 5.74) is 0.271. The highest BCUT2D eigenvalue weighted by Crippen LogP contribution is 2.41. The largest absolute Gasteiger partial charge is 0.450 e. The van der Waals surface area contributed by atoms with Gasteiger partial charge in [-0.1, -0.05) is 19.1 Å². The Morgan fingerprint density at radius 2 is 2.16 bits per heavy atom. The minimum absolute atomic E-state index is 0.0669. The summed E-state index contributed by atoms with van der Waals surface area (Å²) in [6, 6.07) is 7.41. The van der Waals surface area contributed by atoms with Crippen LogP contribution < -0.4 is 15.7 Å². The Hall–Kier alpha value is -2.42. The zero-order valence-electron chi connectivity index (χ0n) is 13.9. The summed E-state index contributed by atoms with van der Waals surface area (Å²) in [6.45, 7) is 1.77. The molecule has 0 amide bonds. The van der Waals surface area contributed by atoms with Gasteiger partial charge >= 0.3 is 5.69 Å². The normalized spacial score (nSPS) is 27.2. The van der Waals surface area contributed by atoms with Crippen molar-refractivity contribution in [3.63, 3.8) is 0 Å². The van der Waals surface area contributed by atoms with E-state index in [1.807, 2.05) is 31.2 Å². The molecule has 4 rings (SSSR count). The second kappa shape index (κ2) is 6.14. The maximum Gasteiger partial charge on any atom is 0.351 e. The molecule has 2 aliphatic heterocycles. The Kier molecular flexibility index (Phi) is 3.95. The topological polar surface area (TPSA) is 94.8 Å². The zero-order valence-corrected chi connectivity index (χ0v) is 13.9. The first-order valence-corrected chi connectivity index (χ1v) is 8.08. The molecule has 8 heteroatoms. The number of rotatable bonds is 3. The molecule has 8 nitrogen and oxygen atoms in total. The molecule has 2 aliphatic rings. The lowest BCUT2D eigenvalue weighted by molar-refractivity contribution is -0.0626. The van der Waals surface area contributed by atoms with Crippen molar-refractivity contribution in [2.24, 2.45) is 5.92 Å². The van der Waals surface area contributed by atoms with E-state index in [1.54, 1.807) is 13.3 Å². The van der Waals surface area contributed by atoms with Gasteiger partial charge in [-0.15, -0.1) is 0 Å². The fraction of sp³-hybridized carbons (Fsp3) is 0.412. The molecular formula is C17H19N3O5. The first-order valence-electron chi connectivity index (χ1n) is 8.08. The van der Waals surface area contributed by atoms with Gasteiger partial charge in [0.15, 0.2) is 23.5 Å².